The molecule has 0 radical (unpaired) electrons. The van der Waals surface area contributed by atoms with Crippen LogP contribution in [-0.4, -0.2) is 34.9 Å². The minimum atomic E-state index is 0.0991. The minimum absolute atomic E-state index is 0.0991. The van der Waals surface area contributed by atoms with Crippen LogP contribution in [0.5, 0.6) is 5.75 Å². The zero-order valence-electron chi connectivity index (χ0n) is 13.8. The van der Waals surface area contributed by atoms with Gasteiger partial charge in [0.15, 0.2) is 0 Å². The van der Waals surface area contributed by atoms with Crippen molar-refractivity contribution in [3.05, 3.63) is 64.2 Å². The van der Waals surface area contributed by atoms with Gasteiger partial charge in [0.05, 0.1) is 0 Å². The molecule has 4 heteroatoms. The van der Waals surface area contributed by atoms with Crippen LogP contribution in [0.15, 0.2) is 36.4 Å². The lowest BCUT2D eigenvalue weighted by molar-refractivity contribution is 0.0766. The van der Waals surface area contributed by atoms with Crippen LogP contribution in [0, 0.1) is 6.92 Å². The maximum atomic E-state index is 12.7. The average Bonchev–Trinajstić information content (AvgIpc) is 2.77. The number of hydrogen-bond acceptors (Lipinski definition) is 3. The Balaban J connectivity index is 1.83. The molecule has 2 aromatic carbocycles. The van der Waals surface area contributed by atoms with E-state index in [2.05, 4.69) is 17.0 Å². The highest BCUT2D eigenvalue weighted by Crippen LogP contribution is 2.29. The third-order valence-corrected chi connectivity index (χ3v) is 4.15. The summed E-state index contributed by atoms with van der Waals surface area (Å²) in [4.78, 5) is 16.7. The quantitative estimate of drug-likeness (QED) is 0.944. The van der Waals surface area contributed by atoms with Crippen molar-refractivity contribution in [2.24, 2.45) is 0 Å². The van der Waals surface area contributed by atoms with Gasteiger partial charge in [-0.3, -0.25) is 4.79 Å². The molecular formula is C19H22N2O2. The Bertz CT molecular complexity index is 736. The van der Waals surface area contributed by atoms with Crippen molar-refractivity contribution in [3.63, 3.8) is 0 Å². The summed E-state index contributed by atoms with van der Waals surface area (Å²) >= 11 is 0. The van der Waals surface area contributed by atoms with E-state index in [0.717, 1.165) is 28.8 Å². The van der Waals surface area contributed by atoms with Gasteiger partial charge in [0.2, 0.25) is 0 Å². The Morgan fingerprint density at radius 2 is 1.83 bits per heavy atom. The Hall–Kier alpha value is -2.33. The van der Waals surface area contributed by atoms with Crippen molar-refractivity contribution in [3.8, 4) is 5.75 Å². The number of amides is 1. The SMILES string of the molecule is Cc1cc(CN(C)C)cc2c1C(=O)N(Cc1ccc(O)cc1)C2. The van der Waals surface area contributed by atoms with Crippen molar-refractivity contribution in [1.29, 1.82) is 0 Å². The van der Waals surface area contributed by atoms with Crippen LogP contribution in [0.3, 0.4) is 0 Å². The molecule has 0 unspecified atom stereocenters. The number of carbonyl (C=O) groups excluding carboxylic acids is 1. The molecule has 1 aliphatic heterocycles. The highest BCUT2D eigenvalue weighted by Gasteiger charge is 2.29. The highest BCUT2D eigenvalue weighted by atomic mass is 16.3. The van der Waals surface area contributed by atoms with Crippen LogP contribution in [0.4, 0.5) is 0 Å². The second-order valence-corrected chi connectivity index (χ2v) is 6.51. The zero-order valence-corrected chi connectivity index (χ0v) is 13.8. The second-order valence-electron chi connectivity index (χ2n) is 6.51. The number of carbonyl (C=O) groups is 1. The fraction of sp³-hybridized carbons (Fsp3) is 0.316. The molecule has 2 aromatic rings. The van der Waals surface area contributed by atoms with Crippen LogP contribution in [0.1, 0.15) is 32.6 Å². The molecule has 0 saturated carbocycles. The van der Waals surface area contributed by atoms with E-state index < -0.39 is 0 Å². The molecule has 120 valence electrons. The van der Waals surface area contributed by atoms with Crippen LogP contribution in [0.25, 0.3) is 0 Å². The molecule has 1 heterocycles. The molecule has 1 amide bonds. The highest BCUT2D eigenvalue weighted by molar-refractivity contribution is 5.99. The third kappa shape index (κ3) is 3.22. The van der Waals surface area contributed by atoms with Crippen molar-refractivity contribution >= 4 is 5.91 Å². The molecule has 23 heavy (non-hydrogen) atoms. The summed E-state index contributed by atoms with van der Waals surface area (Å²) in [7, 11) is 4.09. The normalized spacial score (nSPS) is 13.7. The molecule has 0 aliphatic carbocycles. The number of fused-ring (bicyclic) bond motifs is 1. The van der Waals surface area contributed by atoms with Gasteiger partial charge in [-0.1, -0.05) is 24.3 Å². The average molecular weight is 310 g/mol. The minimum Gasteiger partial charge on any atom is -0.508 e. The standard InChI is InChI=1S/C19H22N2O2/c1-13-8-15(10-20(2)3)9-16-12-21(19(23)18(13)16)11-14-4-6-17(22)7-5-14/h4-9,22H,10-12H2,1-3H3. The molecule has 0 spiro atoms. The van der Waals surface area contributed by atoms with Crippen LogP contribution in [-0.2, 0) is 19.6 Å². The van der Waals surface area contributed by atoms with E-state index in [1.54, 1.807) is 12.1 Å². The number of benzene rings is 2. The van der Waals surface area contributed by atoms with Gasteiger partial charge in [-0.05, 0) is 55.4 Å². The molecule has 0 aromatic heterocycles. The van der Waals surface area contributed by atoms with Crippen molar-refractivity contribution in [2.75, 3.05) is 14.1 Å². The van der Waals surface area contributed by atoms with Gasteiger partial charge >= 0.3 is 0 Å². The summed E-state index contributed by atoms with van der Waals surface area (Å²) in [5.41, 5.74) is 5.29. The zero-order chi connectivity index (χ0) is 16.6. The van der Waals surface area contributed by atoms with E-state index in [1.807, 2.05) is 38.1 Å². The number of rotatable bonds is 4. The molecule has 0 bridgehead atoms. The van der Waals surface area contributed by atoms with Crippen LogP contribution in [0.2, 0.25) is 0 Å². The van der Waals surface area contributed by atoms with E-state index in [1.165, 1.54) is 5.56 Å². The van der Waals surface area contributed by atoms with Gasteiger partial charge in [-0.2, -0.15) is 0 Å². The summed E-state index contributed by atoms with van der Waals surface area (Å²) in [6, 6.07) is 11.3. The smallest absolute Gasteiger partial charge is 0.255 e. The van der Waals surface area contributed by atoms with Gasteiger partial charge in [0.1, 0.15) is 5.75 Å². The number of aryl methyl sites for hydroxylation is 1. The topological polar surface area (TPSA) is 43.8 Å². The van der Waals surface area contributed by atoms with E-state index >= 15 is 0 Å². The molecule has 1 N–H and O–H groups in total. The van der Waals surface area contributed by atoms with Crippen LogP contribution < -0.4 is 0 Å². The molecule has 4 nitrogen and oxygen atoms in total. The number of phenolic OH excluding ortho intramolecular Hbond substituents is 1. The maximum absolute atomic E-state index is 12.7. The lowest BCUT2D eigenvalue weighted by Gasteiger charge is -2.15. The van der Waals surface area contributed by atoms with Crippen molar-refractivity contribution < 1.29 is 9.90 Å². The first-order chi connectivity index (χ1) is 10.9. The first-order valence-corrected chi connectivity index (χ1v) is 7.78. The predicted molar refractivity (Wildman–Crippen MR) is 90.3 cm³/mol. The molecule has 1 aliphatic rings. The Labute approximate surface area is 137 Å². The number of aromatic hydroxyl groups is 1. The summed E-state index contributed by atoms with van der Waals surface area (Å²) < 4.78 is 0. The van der Waals surface area contributed by atoms with Gasteiger partial charge in [-0.15, -0.1) is 0 Å². The fourth-order valence-electron chi connectivity index (χ4n) is 3.21. The van der Waals surface area contributed by atoms with E-state index in [4.69, 9.17) is 0 Å². The molecule has 0 atom stereocenters. The molecule has 3 rings (SSSR count). The summed E-state index contributed by atoms with van der Waals surface area (Å²) in [5, 5.41) is 9.37. The monoisotopic (exact) mass is 310 g/mol. The van der Waals surface area contributed by atoms with E-state index in [0.29, 0.717) is 13.1 Å². The molecular weight excluding hydrogens is 288 g/mol. The summed E-state index contributed by atoms with van der Waals surface area (Å²) in [6.45, 7) is 4.10. The third-order valence-electron chi connectivity index (χ3n) is 4.15. The second kappa shape index (κ2) is 6.05. The Morgan fingerprint density at radius 1 is 1.13 bits per heavy atom. The first kappa shape index (κ1) is 15.6. The maximum Gasteiger partial charge on any atom is 0.255 e. The molecule has 0 saturated heterocycles. The number of hydrogen-bond donors (Lipinski definition) is 1. The summed E-state index contributed by atoms with van der Waals surface area (Å²) in [6.07, 6.45) is 0. The summed E-state index contributed by atoms with van der Waals surface area (Å²) in [5.74, 6) is 0.343. The predicted octanol–water partition coefficient (Wildman–Crippen LogP) is 2.92. The van der Waals surface area contributed by atoms with Gasteiger partial charge in [0, 0.05) is 25.2 Å². The van der Waals surface area contributed by atoms with Crippen molar-refractivity contribution in [2.45, 2.75) is 26.6 Å². The number of nitrogens with zero attached hydrogens (tertiary/aromatic N) is 2. The van der Waals surface area contributed by atoms with E-state index in [-0.39, 0.29) is 11.7 Å². The Morgan fingerprint density at radius 3 is 2.48 bits per heavy atom. The largest absolute Gasteiger partial charge is 0.508 e. The molecule has 0 fully saturated rings. The van der Waals surface area contributed by atoms with Gasteiger partial charge in [-0.25, -0.2) is 0 Å². The number of phenols is 1. The lowest BCUT2D eigenvalue weighted by Crippen LogP contribution is -2.23. The Kier molecular flexibility index (Phi) is 4.09. The first-order valence-electron chi connectivity index (χ1n) is 7.78. The fourth-order valence-corrected chi connectivity index (χ4v) is 3.21. The van der Waals surface area contributed by atoms with Gasteiger partial charge in [0.25, 0.3) is 5.91 Å². The van der Waals surface area contributed by atoms with E-state index in [9.17, 15) is 9.90 Å². The van der Waals surface area contributed by atoms with Crippen LogP contribution >= 0.6 is 0 Å². The van der Waals surface area contributed by atoms with Crippen molar-refractivity contribution in [1.82, 2.24) is 9.80 Å². The lowest BCUT2D eigenvalue weighted by atomic mass is 10.00. The van der Waals surface area contributed by atoms with Gasteiger partial charge < -0.3 is 14.9 Å².